The third-order valence-electron chi connectivity index (χ3n) is 2.85. The van der Waals surface area contributed by atoms with Crippen LogP contribution in [0.4, 0.5) is 5.69 Å². The third-order valence-corrected chi connectivity index (χ3v) is 3.88. The molecule has 0 aliphatic carbocycles. The van der Waals surface area contributed by atoms with Crippen LogP contribution in [0, 0.1) is 0 Å². The van der Waals surface area contributed by atoms with Crippen molar-refractivity contribution in [3.8, 4) is 0 Å². The SMILES string of the molecule is CC(OOC(=O)c1ccccc1C(=O)O)Sc1ccccc1N. The molecule has 6 nitrogen and oxygen atoms in total. The second-order valence-electron chi connectivity index (χ2n) is 4.54. The summed E-state index contributed by atoms with van der Waals surface area (Å²) in [5.41, 5.74) is 5.68. The summed E-state index contributed by atoms with van der Waals surface area (Å²) in [6.45, 7) is 1.69. The normalized spacial score (nSPS) is 11.7. The standard InChI is InChI=1S/C16H15NO5S/c1-10(23-14-9-5-4-8-13(14)17)21-22-16(20)12-7-3-2-6-11(12)15(18)19/h2-10H,17H2,1H3,(H,18,19). The Morgan fingerprint density at radius 3 is 2.35 bits per heavy atom. The number of anilines is 1. The molecular weight excluding hydrogens is 318 g/mol. The minimum atomic E-state index is -1.21. The summed E-state index contributed by atoms with van der Waals surface area (Å²) in [5.74, 6) is -2.08. The molecule has 0 fully saturated rings. The van der Waals surface area contributed by atoms with Gasteiger partial charge in [-0.15, -0.1) is 0 Å². The Morgan fingerprint density at radius 2 is 1.70 bits per heavy atom. The number of rotatable bonds is 6. The number of carboxylic acids is 1. The number of nitrogen functional groups attached to an aromatic ring is 1. The minimum Gasteiger partial charge on any atom is -0.478 e. The van der Waals surface area contributed by atoms with E-state index in [9.17, 15) is 9.59 Å². The number of para-hydroxylation sites is 1. The van der Waals surface area contributed by atoms with Crippen LogP contribution in [0.2, 0.25) is 0 Å². The molecule has 0 heterocycles. The van der Waals surface area contributed by atoms with Crippen molar-refractivity contribution in [3.63, 3.8) is 0 Å². The highest BCUT2D eigenvalue weighted by atomic mass is 32.2. The van der Waals surface area contributed by atoms with Crippen LogP contribution >= 0.6 is 11.8 Å². The molecular formula is C16H15NO5S. The number of hydrogen-bond donors (Lipinski definition) is 2. The zero-order valence-electron chi connectivity index (χ0n) is 12.3. The summed E-state index contributed by atoms with van der Waals surface area (Å²) in [6.07, 6.45) is 0. The summed E-state index contributed by atoms with van der Waals surface area (Å²) in [6, 6.07) is 13.0. The van der Waals surface area contributed by atoms with Gasteiger partial charge in [0.15, 0.2) is 5.44 Å². The molecule has 0 bridgehead atoms. The first-order chi connectivity index (χ1) is 11.0. The van der Waals surface area contributed by atoms with Gasteiger partial charge in [-0.25, -0.2) is 9.59 Å². The van der Waals surface area contributed by atoms with Gasteiger partial charge >= 0.3 is 11.9 Å². The average Bonchev–Trinajstić information content (AvgIpc) is 2.54. The van der Waals surface area contributed by atoms with Gasteiger partial charge < -0.3 is 10.8 Å². The van der Waals surface area contributed by atoms with Crippen LogP contribution < -0.4 is 5.73 Å². The molecule has 2 aromatic carbocycles. The third kappa shape index (κ3) is 4.48. The fraction of sp³-hybridized carbons (Fsp3) is 0.125. The second kappa shape index (κ2) is 7.66. The Morgan fingerprint density at radius 1 is 1.09 bits per heavy atom. The highest BCUT2D eigenvalue weighted by Crippen LogP contribution is 2.29. The van der Waals surface area contributed by atoms with Crippen LogP contribution in [0.15, 0.2) is 53.4 Å². The molecule has 7 heteroatoms. The van der Waals surface area contributed by atoms with Crippen LogP contribution in [0.1, 0.15) is 27.6 Å². The van der Waals surface area contributed by atoms with Gasteiger partial charge in [-0.05, 0) is 31.2 Å². The molecule has 3 N–H and O–H groups in total. The summed E-state index contributed by atoms with van der Waals surface area (Å²) < 4.78 is 0. The Bertz CT molecular complexity index is 719. The molecule has 1 unspecified atom stereocenters. The number of aromatic carboxylic acids is 1. The van der Waals surface area contributed by atoms with Gasteiger partial charge in [0.05, 0.1) is 11.1 Å². The molecule has 0 saturated heterocycles. The van der Waals surface area contributed by atoms with Crippen LogP contribution in [-0.2, 0) is 9.78 Å². The first-order valence-electron chi connectivity index (χ1n) is 6.70. The van der Waals surface area contributed by atoms with Crippen molar-refractivity contribution in [3.05, 3.63) is 59.7 Å². The zero-order valence-corrected chi connectivity index (χ0v) is 13.1. The number of carboxylic acid groups (broad SMARTS) is 1. The van der Waals surface area contributed by atoms with E-state index in [1.54, 1.807) is 19.1 Å². The number of benzene rings is 2. The molecule has 2 aromatic rings. The maximum absolute atomic E-state index is 11.9. The molecule has 0 spiro atoms. The average molecular weight is 333 g/mol. The quantitative estimate of drug-likeness (QED) is 0.275. The van der Waals surface area contributed by atoms with Gasteiger partial charge in [-0.1, -0.05) is 36.0 Å². The van der Waals surface area contributed by atoms with E-state index in [1.807, 2.05) is 18.2 Å². The largest absolute Gasteiger partial charge is 0.478 e. The van der Waals surface area contributed by atoms with Crippen molar-refractivity contribution in [2.75, 3.05) is 5.73 Å². The molecule has 2 rings (SSSR count). The second-order valence-corrected chi connectivity index (χ2v) is 5.88. The Labute approximate surface area is 137 Å². The van der Waals surface area contributed by atoms with E-state index in [1.165, 1.54) is 30.0 Å². The van der Waals surface area contributed by atoms with Gasteiger partial charge in [-0.3, -0.25) is 4.89 Å². The van der Waals surface area contributed by atoms with E-state index in [0.717, 1.165) is 4.90 Å². The van der Waals surface area contributed by atoms with Crippen molar-refractivity contribution in [2.45, 2.75) is 17.3 Å². The van der Waals surface area contributed by atoms with Crippen molar-refractivity contribution < 1.29 is 24.5 Å². The van der Waals surface area contributed by atoms with Crippen LogP contribution in [0.5, 0.6) is 0 Å². The van der Waals surface area contributed by atoms with Crippen molar-refractivity contribution >= 4 is 29.4 Å². The first-order valence-corrected chi connectivity index (χ1v) is 7.58. The van der Waals surface area contributed by atoms with E-state index < -0.39 is 17.4 Å². The van der Waals surface area contributed by atoms with E-state index in [0.29, 0.717) is 5.69 Å². The first kappa shape index (κ1) is 16.9. The summed E-state index contributed by atoms with van der Waals surface area (Å²) in [4.78, 5) is 33.6. The van der Waals surface area contributed by atoms with E-state index >= 15 is 0 Å². The smallest absolute Gasteiger partial charge is 0.374 e. The van der Waals surface area contributed by atoms with Gasteiger partial charge in [-0.2, -0.15) is 4.89 Å². The lowest BCUT2D eigenvalue weighted by Crippen LogP contribution is -2.14. The van der Waals surface area contributed by atoms with Crippen molar-refractivity contribution in [2.24, 2.45) is 0 Å². The fourth-order valence-electron chi connectivity index (χ4n) is 1.79. The summed E-state index contributed by atoms with van der Waals surface area (Å²) >= 11 is 1.28. The predicted octanol–water partition coefficient (Wildman–Crippen LogP) is 3.19. The topological polar surface area (TPSA) is 98.8 Å². The van der Waals surface area contributed by atoms with E-state index in [4.69, 9.17) is 20.6 Å². The number of carbonyl (C=O) groups excluding carboxylic acids is 1. The maximum atomic E-state index is 11.9. The van der Waals surface area contributed by atoms with Gasteiger partial charge in [0.25, 0.3) is 0 Å². The molecule has 0 aromatic heterocycles. The number of thioether (sulfide) groups is 1. The maximum Gasteiger partial charge on any atom is 0.374 e. The van der Waals surface area contributed by atoms with Crippen molar-refractivity contribution in [1.82, 2.24) is 0 Å². The molecule has 0 radical (unpaired) electrons. The molecule has 0 aliphatic rings. The molecule has 0 amide bonds. The van der Waals surface area contributed by atoms with Crippen molar-refractivity contribution in [1.29, 1.82) is 0 Å². The van der Waals surface area contributed by atoms with Gasteiger partial charge in [0.2, 0.25) is 0 Å². The van der Waals surface area contributed by atoms with Gasteiger partial charge in [0.1, 0.15) is 0 Å². The Kier molecular flexibility index (Phi) is 5.61. The highest BCUT2D eigenvalue weighted by Gasteiger charge is 2.19. The Hall–Kier alpha value is -2.51. The van der Waals surface area contributed by atoms with Crippen LogP contribution in [0.25, 0.3) is 0 Å². The fourth-order valence-corrected chi connectivity index (χ4v) is 2.59. The van der Waals surface area contributed by atoms with Gasteiger partial charge in [0, 0.05) is 10.6 Å². The number of carbonyl (C=O) groups is 2. The number of nitrogens with two attached hydrogens (primary N) is 1. The number of hydrogen-bond acceptors (Lipinski definition) is 6. The monoisotopic (exact) mass is 333 g/mol. The molecule has 1 atom stereocenters. The molecule has 0 saturated carbocycles. The lowest BCUT2D eigenvalue weighted by molar-refractivity contribution is -0.247. The molecule has 120 valence electrons. The highest BCUT2D eigenvalue weighted by molar-refractivity contribution is 7.99. The van der Waals surface area contributed by atoms with Crippen LogP contribution in [-0.4, -0.2) is 22.5 Å². The molecule has 0 aliphatic heterocycles. The predicted molar refractivity (Wildman–Crippen MR) is 86.1 cm³/mol. The lowest BCUT2D eigenvalue weighted by Gasteiger charge is -2.12. The van der Waals surface area contributed by atoms with E-state index in [-0.39, 0.29) is 11.1 Å². The lowest BCUT2D eigenvalue weighted by atomic mass is 10.1. The molecule has 23 heavy (non-hydrogen) atoms. The van der Waals surface area contributed by atoms with Crippen LogP contribution in [0.3, 0.4) is 0 Å². The van der Waals surface area contributed by atoms with E-state index in [2.05, 4.69) is 0 Å². The summed E-state index contributed by atoms with van der Waals surface area (Å²) in [5, 5.41) is 9.05. The minimum absolute atomic E-state index is 0.0728. The summed E-state index contributed by atoms with van der Waals surface area (Å²) in [7, 11) is 0. The Balaban J connectivity index is 1.97. The zero-order chi connectivity index (χ0) is 16.8.